The van der Waals surface area contributed by atoms with Gasteiger partial charge in [0.25, 0.3) is 0 Å². The Morgan fingerprint density at radius 1 is 0.432 bits per heavy atom. The fourth-order valence-electron chi connectivity index (χ4n) is 6.68. The van der Waals surface area contributed by atoms with Crippen LogP contribution in [0.5, 0.6) is 0 Å². The van der Waals surface area contributed by atoms with E-state index in [9.17, 15) is 19.2 Å². The Bertz CT molecular complexity index is 1470. The van der Waals surface area contributed by atoms with Gasteiger partial charge in [-0.25, -0.2) is 0 Å². The molecule has 0 aromatic heterocycles. The summed E-state index contributed by atoms with van der Waals surface area (Å²) < 4.78 is 33.6. The molecular weight excluding hydrogens is 568 g/mol. The largest absolute Gasteiger partial charge is 0.500 e. The number of carbonyl (C=O) groups is 4. The fraction of sp³-hybridized carbons (Fsp3) is 0.294. The van der Waals surface area contributed by atoms with E-state index in [1.165, 1.54) is 54.8 Å². The highest BCUT2D eigenvalue weighted by Gasteiger charge is 2.69. The summed E-state index contributed by atoms with van der Waals surface area (Å²) in [6.07, 6.45) is 2.95. The lowest BCUT2D eigenvalue weighted by atomic mass is 9.59. The molecule has 0 saturated heterocycles. The second-order valence-electron chi connectivity index (χ2n) is 10.3. The number of Topliss-reactive ketones (excluding diaryl/α,β-unsaturated/α-hetero) is 4. The second-order valence-corrected chi connectivity index (χ2v) is 10.3. The Hall–Kier alpha value is -5.12. The van der Waals surface area contributed by atoms with Crippen LogP contribution in [0.3, 0.4) is 0 Å². The number of benzene rings is 2. The van der Waals surface area contributed by atoms with Crippen molar-refractivity contribution in [3.63, 3.8) is 0 Å². The van der Waals surface area contributed by atoms with Crippen molar-refractivity contribution in [1.29, 1.82) is 0 Å². The maximum Gasteiger partial charge on any atom is 0.223 e. The van der Waals surface area contributed by atoms with E-state index in [-0.39, 0.29) is 34.6 Å². The molecule has 0 aliphatic heterocycles. The maximum absolute atomic E-state index is 14.5. The molecule has 0 radical (unpaired) electrons. The molecule has 44 heavy (non-hydrogen) atoms. The summed E-state index contributed by atoms with van der Waals surface area (Å²) >= 11 is 0. The van der Waals surface area contributed by atoms with E-state index in [1.807, 2.05) is 0 Å². The Labute approximate surface area is 254 Å². The molecule has 10 nitrogen and oxygen atoms in total. The molecule has 0 unspecified atom stereocenters. The van der Waals surface area contributed by atoms with Crippen LogP contribution in [0.15, 0.2) is 107 Å². The minimum atomic E-state index is -2.09. The first-order chi connectivity index (χ1) is 21.2. The quantitative estimate of drug-likeness (QED) is 0.412. The molecule has 228 valence electrons. The number of hydrogen-bond acceptors (Lipinski definition) is 10. The number of ether oxygens (including phenoxy) is 6. The van der Waals surface area contributed by atoms with E-state index in [2.05, 4.69) is 0 Å². The second kappa shape index (κ2) is 11.5. The van der Waals surface area contributed by atoms with Gasteiger partial charge < -0.3 is 28.4 Å². The van der Waals surface area contributed by atoms with E-state index < -0.39 is 45.8 Å². The third-order valence-electron chi connectivity index (χ3n) is 8.59. The van der Waals surface area contributed by atoms with Crippen LogP contribution in [0, 0.1) is 10.8 Å². The molecule has 0 bridgehead atoms. The standard InChI is InChI=1S/C34H32O10/c1-39-23-17-21(19-13-9-7-10-14-19)34(31(37)27(43-5)28(44-6)32(34)38)24(40-2)18-22(20-15-11-8-12-16-20)33(23)29(35)25(41-3)26(42-4)30(33)36/h7-18,21-22H,1-6H3/b23-17+,24-18+/t21-,22-/m0/s1. The lowest BCUT2D eigenvalue weighted by Gasteiger charge is -2.41. The van der Waals surface area contributed by atoms with Crippen LogP contribution in [0.2, 0.25) is 0 Å². The zero-order valence-electron chi connectivity index (χ0n) is 25.2. The van der Waals surface area contributed by atoms with Gasteiger partial charge in [0.05, 0.1) is 42.7 Å². The van der Waals surface area contributed by atoms with Gasteiger partial charge in [-0.05, 0) is 23.3 Å². The Morgan fingerprint density at radius 2 is 0.705 bits per heavy atom. The van der Waals surface area contributed by atoms with Gasteiger partial charge in [-0.15, -0.1) is 0 Å². The lowest BCUT2D eigenvalue weighted by Crippen LogP contribution is -2.49. The predicted molar refractivity (Wildman–Crippen MR) is 156 cm³/mol. The van der Waals surface area contributed by atoms with Gasteiger partial charge >= 0.3 is 0 Å². The molecule has 2 aromatic carbocycles. The van der Waals surface area contributed by atoms with Gasteiger partial charge in [0.2, 0.25) is 46.2 Å². The number of rotatable bonds is 8. The topological polar surface area (TPSA) is 124 Å². The third-order valence-corrected chi connectivity index (χ3v) is 8.59. The lowest BCUT2D eigenvalue weighted by molar-refractivity contribution is -0.137. The molecule has 0 fully saturated rings. The summed E-state index contributed by atoms with van der Waals surface area (Å²) in [6.45, 7) is 0. The van der Waals surface area contributed by atoms with Gasteiger partial charge in [0, 0.05) is 11.8 Å². The highest BCUT2D eigenvalue weighted by atomic mass is 16.5. The monoisotopic (exact) mass is 600 g/mol. The van der Waals surface area contributed by atoms with Crippen molar-refractivity contribution in [3.05, 3.63) is 118 Å². The average molecular weight is 601 g/mol. The van der Waals surface area contributed by atoms with Crippen LogP contribution in [0.4, 0.5) is 0 Å². The van der Waals surface area contributed by atoms with Crippen molar-refractivity contribution in [2.75, 3.05) is 42.7 Å². The highest BCUT2D eigenvalue weighted by molar-refractivity contribution is 6.30. The summed E-state index contributed by atoms with van der Waals surface area (Å²) in [5, 5.41) is 0. The molecule has 5 rings (SSSR count). The smallest absolute Gasteiger partial charge is 0.223 e. The Balaban J connectivity index is 1.97. The zero-order valence-corrected chi connectivity index (χ0v) is 25.2. The Kier molecular flexibility index (Phi) is 7.94. The van der Waals surface area contributed by atoms with E-state index in [0.717, 1.165) is 0 Å². The predicted octanol–water partition coefficient (Wildman–Crippen LogP) is 3.91. The minimum Gasteiger partial charge on any atom is -0.500 e. The van der Waals surface area contributed by atoms with Crippen LogP contribution in [0.1, 0.15) is 23.0 Å². The van der Waals surface area contributed by atoms with Crippen molar-refractivity contribution < 1.29 is 47.6 Å². The molecule has 0 heterocycles. The molecule has 0 amide bonds. The van der Waals surface area contributed by atoms with Crippen molar-refractivity contribution in [2.45, 2.75) is 11.8 Å². The molecule has 0 N–H and O–H groups in total. The van der Waals surface area contributed by atoms with E-state index in [1.54, 1.807) is 60.7 Å². The normalized spacial score (nSPS) is 24.9. The maximum atomic E-state index is 14.5. The molecule has 10 heteroatoms. The van der Waals surface area contributed by atoms with Gasteiger partial charge in [-0.3, -0.25) is 19.2 Å². The summed E-state index contributed by atoms with van der Waals surface area (Å²) in [4.78, 5) is 58.1. The number of allylic oxidation sites excluding steroid dienone is 8. The van der Waals surface area contributed by atoms with Gasteiger partial charge in [0.15, 0.2) is 10.8 Å². The number of methoxy groups -OCH3 is 6. The van der Waals surface area contributed by atoms with E-state index >= 15 is 0 Å². The molecular formula is C34H32O10. The van der Waals surface area contributed by atoms with Crippen molar-refractivity contribution in [2.24, 2.45) is 10.8 Å². The molecule has 2 atom stereocenters. The van der Waals surface area contributed by atoms with Crippen molar-refractivity contribution in [1.82, 2.24) is 0 Å². The average Bonchev–Trinajstić information content (AvgIpc) is 3.40. The summed E-state index contributed by atoms with van der Waals surface area (Å²) in [6, 6.07) is 17.4. The van der Waals surface area contributed by atoms with Crippen LogP contribution in [-0.4, -0.2) is 65.8 Å². The molecule has 3 aliphatic rings. The van der Waals surface area contributed by atoms with Crippen LogP contribution >= 0.6 is 0 Å². The van der Waals surface area contributed by atoms with E-state index in [0.29, 0.717) is 11.1 Å². The first-order valence-corrected chi connectivity index (χ1v) is 13.7. The minimum absolute atomic E-state index is 0.104. The van der Waals surface area contributed by atoms with Crippen LogP contribution in [-0.2, 0) is 47.6 Å². The van der Waals surface area contributed by atoms with Crippen molar-refractivity contribution >= 4 is 23.1 Å². The molecule has 2 aromatic rings. The number of ketones is 4. The third kappa shape index (κ3) is 3.86. The zero-order chi connectivity index (χ0) is 31.8. The molecule has 2 spiro atoms. The van der Waals surface area contributed by atoms with Gasteiger partial charge in [0.1, 0.15) is 11.5 Å². The van der Waals surface area contributed by atoms with Gasteiger partial charge in [-0.2, -0.15) is 0 Å². The first kappa shape index (κ1) is 30.3. The Morgan fingerprint density at radius 3 is 0.932 bits per heavy atom. The molecule has 3 aliphatic carbocycles. The molecule has 0 saturated carbocycles. The summed E-state index contributed by atoms with van der Waals surface area (Å²) in [5.74, 6) is -6.49. The SMILES string of the molecule is COC1=C(OC)C(=O)C2(C1=O)/C(OC)=C\[C@@H](c1ccccc1)C1(C(=O)C(OC)=C(OC)C1=O)/C(OC)=C\[C@H]2c1ccccc1. The van der Waals surface area contributed by atoms with E-state index in [4.69, 9.17) is 28.4 Å². The van der Waals surface area contributed by atoms with Crippen LogP contribution in [0.25, 0.3) is 0 Å². The van der Waals surface area contributed by atoms with Gasteiger partial charge in [-0.1, -0.05) is 60.7 Å². The summed E-state index contributed by atoms with van der Waals surface area (Å²) in [7, 11) is 7.73. The summed E-state index contributed by atoms with van der Waals surface area (Å²) in [5.41, 5.74) is -3.18. The van der Waals surface area contributed by atoms with Crippen molar-refractivity contribution in [3.8, 4) is 0 Å². The van der Waals surface area contributed by atoms with Crippen LogP contribution < -0.4 is 0 Å². The first-order valence-electron chi connectivity index (χ1n) is 13.7. The number of hydrogen-bond donors (Lipinski definition) is 0. The number of carbonyl (C=O) groups excluding carboxylic acids is 4. The fourth-order valence-corrected chi connectivity index (χ4v) is 6.68. The highest BCUT2D eigenvalue weighted by Crippen LogP contribution is 2.60.